The first-order valence-corrected chi connectivity index (χ1v) is 4.81. The molecule has 22 valence electrons. The molecule has 3 heteroatoms. The normalized spacial score (nSPS) is 3.50. The fourth-order valence-electron chi connectivity index (χ4n) is 0. The van der Waals surface area contributed by atoms with Crippen LogP contribution in [0.4, 0.5) is 0 Å². The first-order valence-electron chi connectivity index (χ1n) is 0.628. The van der Waals surface area contributed by atoms with Gasteiger partial charge in [0.25, 0.3) is 0 Å². The Morgan fingerprint density at radius 3 is 2.00 bits per heavy atom. The van der Waals surface area contributed by atoms with Crippen molar-refractivity contribution in [2.75, 3.05) is 0 Å². The van der Waals surface area contributed by atoms with Gasteiger partial charge in [-0.15, -0.1) is 0 Å². The van der Waals surface area contributed by atoms with Crippen molar-refractivity contribution in [3.8, 4) is 4.12 Å². The van der Waals surface area contributed by atoms with Gasteiger partial charge >= 0.3 is 39.6 Å². The molecule has 0 aromatic carbocycles. The summed E-state index contributed by atoms with van der Waals surface area (Å²) in [4.78, 5) is 0. The summed E-state index contributed by atoms with van der Waals surface area (Å²) in [5.74, 6) is 0. The predicted molar refractivity (Wildman–Crippen MR) is 21.3 cm³/mol. The molecule has 0 aromatic heterocycles. The molecule has 0 aliphatic rings. The molecule has 0 heterocycles. The van der Waals surface area contributed by atoms with Crippen LogP contribution in [0.15, 0.2) is 0 Å². The van der Waals surface area contributed by atoms with Crippen molar-refractivity contribution in [2.45, 2.75) is 0 Å². The summed E-state index contributed by atoms with van der Waals surface area (Å²) in [6, 6.07) is 0. The molecular formula is CCl2Ge. The SMILES string of the molecule is Cl[C]#[Ge][Cl]. The van der Waals surface area contributed by atoms with Crippen molar-refractivity contribution in [3.05, 3.63) is 0 Å². The van der Waals surface area contributed by atoms with Crippen molar-refractivity contribution in [1.29, 1.82) is 0 Å². The first kappa shape index (κ1) is 4.90. The van der Waals surface area contributed by atoms with Crippen molar-refractivity contribution in [3.63, 3.8) is 0 Å². The van der Waals surface area contributed by atoms with Crippen LogP contribution < -0.4 is 0 Å². The molecule has 0 rings (SSSR count). The maximum atomic E-state index is 5.07. The zero-order valence-electron chi connectivity index (χ0n) is 1.76. The molecular weight excluding hydrogens is 156 g/mol. The molecule has 0 aliphatic carbocycles. The summed E-state index contributed by atoms with van der Waals surface area (Å²) in [7, 11) is 5.07. The van der Waals surface area contributed by atoms with E-state index in [1.165, 1.54) is 0 Å². The summed E-state index contributed by atoms with van der Waals surface area (Å²) in [5, 5.41) is 0. The van der Waals surface area contributed by atoms with E-state index in [1.54, 1.807) is 0 Å². The first-order chi connectivity index (χ1) is 1.91. The molecule has 0 radical (unpaired) electrons. The monoisotopic (exact) mass is 156 g/mol. The molecule has 0 N–H and O–H groups in total. The average Bonchev–Trinajstić information content (AvgIpc) is 1.37. The Kier molecular flexibility index (Phi) is 4.78. The van der Waals surface area contributed by atoms with Gasteiger partial charge in [-0.2, -0.15) is 0 Å². The van der Waals surface area contributed by atoms with Crippen molar-refractivity contribution < 1.29 is 0 Å². The van der Waals surface area contributed by atoms with Crippen LogP contribution in [0.3, 0.4) is 0 Å². The van der Waals surface area contributed by atoms with Crippen LogP contribution in [-0.2, 0) is 0 Å². The third kappa shape index (κ3) is 2.90. The Morgan fingerprint density at radius 1 is 1.75 bits per heavy atom. The van der Waals surface area contributed by atoms with E-state index in [-0.39, 0.29) is 0 Å². The molecule has 4 heavy (non-hydrogen) atoms. The van der Waals surface area contributed by atoms with Gasteiger partial charge in [-0.25, -0.2) is 0 Å². The van der Waals surface area contributed by atoms with E-state index in [0.29, 0.717) is 0 Å². The van der Waals surface area contributed by atoms with Gasteiger partial charge in [-0.05, 0) is 0 Å². The summed E-state index contributed by atoms with van der Waals surface area (Å²) < 4.78 is 2.29. The Balaban J connectivity index is 2.83. The zero-order valence-corrected chi connectivity index (χ0v) is 5.37. The minimum absolute atomic E-state index is 0.498. The molecule has 0 aromatic rings. The van der Waals surface area contributed by atoms with Crippen LogP contribution in [-0.4, -0.2) is 13.9 Å². The zero-order chi connectivity index (χ0) is 3.41. The van der Waals surface area contributed by atoms with Crippen LogP contribution in [0.25, 0.3) is 0 Å². The molecule has 0 spiro atoms. The van der Waals surface area contributed by atoms with Crippen LogP contribution in [0, 0.1) is 4.12 Å². The van der Waals surface area contributed by atoms with Crippen molar-refractivity contribution in [2.24, 2.45) is 0 Å². The second-order valence-electron chi connectivity index (χ2n) is 0.189. The van der Waals surface area contributed by atoms with Gasteiger partial charge in [-0.1, -0.05) is 0 Å². The molecule has 0 nitrogen and oxygen atoms in total. The molecule has 0 atom stereocenters. The minimum atomic E-state index is -0.498. The molecule has 0 saturated heterocycles. The second-order valence-corrected chi connectivity index (χ2v) is 2.95. The molecule has 0 fully saturated rings. The van der Waals surface area contributed by atoms with Gasteiger partial charge in [0.2, 0.25) is 0 Å². The van der Waals surface area contributed by atoms with Gasteiger partial charge in [0.05, 0.1) is 0 Å². The summed E-state index contributed by atoms with van der Waals surface area (Å²) in [6.07, 6.45) is 0. The predicted octanol–water partition coefficient (Wildman–Crippen LogP) is 1.000. The average molecular weight is 156 g/mol. The fraction of sp³-hybridized carbons (Fsp3) is 0. The summed E-state index contributed by atoms with van der Waals surface area (Å²) in [6.45, 7) is 0. The van der Waals surface area contributed by atoms with Gasteiger partial charge in [-0.3, -0.25) is 0 Å². The van der Waals surface area contributed by atoms with E-state index in [0.717, 1.165) is 0 Å². The molecule has 0 saturated carbocycles. The van der Waals surface area contributed by atoms with Gasteiger partial charge in [0.1, 0.15) is 0 Å². The van der Waals surface area contributed by atoms with E-state index < -0.39 is 13.9 Å². The Labute approximate surface area is 39.9 Å². The standard InChI is InChI=1S/CCl2Ge/c2-1-4-3. The van der Waals surface area contributed by atoms with E-state index in [2.05, 4.69) is 4.12 Å². The molecule has 0 amide bonds. The number of hydrogen-bond acceptors (Lipinski definition) is 0. The Morgan fingerprint density at radius 2 is 2.00 bits per heavy atom. The van der Waals surface area contributed by atoms with Gasteiger partial charge in [0.15, 0.2) is 0 Å². The molecule has 0 aliphatic heterocycles. The fourth-order valence-corrected chi connectivity index (χ4v) is 0. The van der Waals surface area contributed by atoms with Crippen LogP contribution in [0.2, 0.25) is 0 Å². The Hall–Kier alpha value is 0.903. The van der Waals surface area contributed by atoms with Crippen LogP contribution in [0.5, 0.6) is 0 Å². The quantitative estimate of drug-likeness (QED) is 0.458. The van der Waals surface area contributed by atoms with E-state index >= 15 is 0 Å². The van der Waals surface area contributed by atoms with Crippen molar-refractivity contribution in [1.82, 2.24) is 0 Å². The molecule has 0 unspecified atom stereocenters. The van der Waals surface area contributed by atoms with Crippen LogP contribution >= 0.6 is 21.6 Å². The van der Waals surface area contributed by atoms with Gasteiger partial charge < -0.3 is 0 Å². The topological polar surface area (TPSA) is 0 Å². The third-order valence-electron chi connectivity index (χ3n) is 0.0357. The Bertz CT molecular complexity index is 42.8. The van der Waals surface area contributed by atoms with E-state index in [9.17, 15) is 0 Å². The van der Waals surface area contributed by atoms with E-state index in [1.807, 2.05) is 0 Å². The van der Waals surface area contributed by atoms with E-state index in [4.69, 9.17) is 21.6 Å². The van der Waals surface area contributed by atoms with Crippen LogP contribution in [0.1, 0.15) is 0 Å². The number of halogens is 2. The number of hydrogen-bond donors (Lipinski definition) is 0. The molecule has 0 bridgehead atoms. The van der Waals surface area contributed by atoms with Crippen molar-refractivity contribution >= 4 is 35.5 Å². The maximum absolute atomic E-state index is 5.07. The summed E-state index contributed by atoms with van der Waals surface area (Å²) in [5.41, 5.74) is 0. The number of rotatable bonds is 0. The second kappa shape index (κ2) is 3.90. The summed E-state index contributed by atoms with van der Waals surface area (Å²) >= 11 is 4.36. The third-order valence-corrected chi connectivity index (χ3v) is 1.67. The van der Waals surface area contributed by atoms with Gasteiger partial charge in [0, 0.05) is 0 Å².